The summed E-state index contributed by atoms with van der Waals surface area (Å²) in [4.78, 5) is 15.2. The highest BCUT2D eigenvalue weighted by atomic mass is 16.4. The van der Waals surface area contributed by atoms with Crippen molar-refractivity contribution in [2.24, 2.45) is 5.73 Å². The van der Waals surface area contributed by atoms with E-state index in [1.54, 1.807) is 6.92 Å². The van der Waals surface area contributed by atoms with Crippen LogP contribution in [0.1, 0.15) is 11.5 Å². The second kappa shape index (κ2) is 5.37. The van der Waals surface area contributed by atoms with Crippen molar-refractivity contribution in [3.63, 3.8) is 0 Å². The van der Waals surface area contributed by atoms with Crippen LogP contribution in [0.2, 0.25) is 0 Å². The summed E-state index contributed by atoms with van der Waals surface area (Å²) in [6.45, 7) is 1.65. The van der Waals surface area contributed by atoms with E-state index in [0.717, 1.165) is 16.5 Å². The Labute approximate surface area is 120 Å². The first-order chi connectivity index (χ1) is 10.1. The van der Waals surface area contributed by atoms with Crippen LogP contribution in [0.15, 0.2) is 34.9 Å². The average molecular weight is 285 g/mol. The van der Waals surface area contributed by atoms with Crippen LogP contribution in [0.4, 0.5) is 6.01 Å². The molecular formula is C14H15N5O2. The Kier molecular flexibility index (Phi) is 3.41. The Morgan fingerprint density at radius 3 is 3.00 bits per heavy atom. The van der Waals surface area contributed by atoms with E-state index in [9.17, 15) is 4.79 Å². The van der Waals surface area contributed by atoms with Gasteiger partial charge < -0.3 is 15.1 Å². The maximum Gasteiger partial charge on any atom is 0.322 e. The predicted molar refractivity (Wildman–Crippen MR) is 77.6 cm³/mol. The van der Waals surface area contributed by atoms with Crippen LogP contribution in [0, 0.1) is 6.92 Å². The summed E-state index contributed by atoms with van der Waals surface area (Å²) in [7, 11) is 0. The van der Waals surface area contributed by atoms with Gasteiger partial charge in [0.25, 0.3) is 0 Å². The zero-order valence-electron chi connectivity index (χ0n) is 11.5. The average Bonchev–Trinajstić information content (AvgIpc) is 3.06. The van der Waals surface area contributed by atoms with Gasteiger partial charge in [0.05, 0.1) is 6.04 Å². The third-order valence-corrected chi connectivity index (χ3v) is 3.21. The van der Waals surface area contributed by atoms with E-state index >= 15 is 0 Å². The molecule has 0 fully saturated rings. The van der Waals surface area contributed by atoms with Gasteiger partial charge in [0.1, 0.15) is 0 Å². The zero-order valence-corrected chi connectivity index (χ0v) is 11.5. The fraction of sp³-hybridized carbons (Fsp3) is 0.214. The molecule has 0 saturated heterocycles. The highest BCUT2D eigenvalue weighted by Crippen LogP contribution is 2.19. The molecule has 0 saturated carbocycles. The van der Waals surface area contributed by atoms with Crippen LogP contribution in [-0.2, 0) is 11.2 Å². The third kappa shape index (κ3) is 2.77. The number of aryl methyl sites for hydroxylation is 1. The van der Waals surface area contributed by atoms with Crippen molar-refractivity contribution in [3.05, 3.63) is 41.9 Å². The van der Waals surface area contributed by atoms with Crippen LogP contribution in [-0.4, -0.2) is 27.1 Å². The van der Waals surface area contributed by atoms with Crippen molar-refractivity contribution in [2.75, 3.05) is 5.32 Å². The number of H-pyrrole nitrogens is 1. The third-order valence-electron chi connectivity index (χ3n) is 3.21. The van der Waals surface area contributed by atoms with Crippen molar-refractivity contribution < 1.29 is 9.21 Å². The van der Waals surface area contributed by atoms with Gasteiger partial charge in [-0.3, -0.25) is 10.1 Å². The molecule has 0 bridgehead atoms. The summed E-state index contributed by atoms with van der Waals surface area (Å²) in [6, 6.07) is 7.24. The Bertz CT molecular complexity index is 776. The van der Waals surface area contributed by atoms with Gasteiger partial charge in [0.15, 0.2) is 0 Å². The molecule has 7 heteroatoms. The van der Waals surface area contributed by atoms with E-state index in [1.165, 1.54) is 0 Å². The van der Waals surface area contributed by atoms with E-state index in [0.29, 0.717) is 12.3 Å². The molecule has 1 amide bonds. The molecule has 1 aromatic carbocycles. The van der Waals surface area contributed by atoms with E-state index in [-0.39, 0.29) is 11.9 Å². The number of carbonyl (C=O) groups is 1. The highest BCUT2D eigenvalue weighted by molar-refractivity contribution is 5.93. The monoisotopic (exact) mass is 285 g/mol. The molecule has 21 heavy (non-hydrogen) atoms. The van der Waals surface area contributed by atoms with Crippen molar-refractivity contribution in [3.8, 4) is 0 Å². The first-order valence-corrected chi connectivity index (χ1v) is 6.55. The minimum Gasteiger partial charge on any atom is -0.408 e. The van der Waals surface area contributed by atoms with Gasteiger partial charge in [-0.05, 0) is 18.1 Å². The first kappa shape index (κ1) is 13.3. The Balaban J connectivity index is 1.70. The van der Waals surface area contributed by atoms with Crippen LogP contribution in [0.5, 0.6) is 0 Å². The maximum atomic E-state index is 12.0. The molecule has 2 heterocycles. The molecule has 0 aliphatic rings. The smallest absolute Gasteiger partial charge is 0.322 e. The second-order valence-corrected chi connectivity index (χ2v) is 4.79. The lowest BCUT2D eigenvalue weighted by Gasteiger charge is -2.09. The fourth-order valence-corrected chi connectivity index (χ4v) is 2.18. The molecule has 7 nitrogen and oxygen atoms in total. The number of para-hydroxylation sites is 1. The van der Waals surface area contributed by atoms with Crippen LogP contribution >= 0.6 is 0 Å². The predicted octanol–water partition coefficient (Wildman–Crippen LogP) is 1.37. The van der Waals surface area contributed by atoms with Crippen LogP contribution in [0.3, 0.4) is 0 Å². The first-order valence-electron chi connectivity index (χ1n) is 6.55. The molecule has 0 spiro atoms. The number of fused-ring (bicyclic) bond motifs is 1. The lowest BCUT2D eigenvalue weighted by atomic mass is 10.1. The van der Waals surface area contributed by atoms with E-state index in [1.807, 2.05) is 30.5 Å². The summed E-state index contributed by atoms with van der Waals surface area (Å²) >= 11 is 0. The summed E-state index contributed by atoms with van der Waals surface area (Å²) < 4.78 is 5.09. The molecule has 1 unspecified atom stereocenters. The number of carbonyl (C=O) groups excluding carboxylic acids is 1. The standard InChI is InChI=1S/C14H15N5O2/c1-8-18-19-14(21-8)17-13(20)11(15)6-9-7-16-12-5-3-2-4-10(9)12/h2-5,7,11,16H,6,15H2,1H3,(H,17,19,20). The minimum absolute atomic E-state index is 0.0619. The minimum atomic E-state index is -0.698. The highest BCUT2D eigenvalue weighted by Gasteiger charge is 2.18. The van der Waals surface area contributed by atoms with Crippen LogP contribution < -0.4 is 11.1 Å². The number of aromatic nitrogens is 3. The van der Waals surface area contributed by atoms with Crippen molar-refractivity contribution in [1.29, 1.82) is 0 Å². The summed E-state index contributed by atoms with van der Waals surface area (Å²) in [6.07, 6.45) is 2.29. The van der Waals surface area contributed by atoms with Crippen molar-refractivity contribution in [2.45, 2.75) is 19.4 Å². The van der Waals surface area contributed by atoms with Crippen molar-refractivity contribution in [1.82, 2.24) is 15.2 Å². The largest absolute Gasteiger partial charge is 0.408 e. The molecule has 2 aromatic heterocycles. The number of aromatic amines is 1. The quantitative estimate of drug-likeness (QED) is 0.670. The van der Waals surface area contributed by atoms with Gasteiger partial charge in [-0.1, -0.05) is 23.3 Å². The Morgan fingerprint density at radius 2 is 2.24 bits per heavy atom. The lowest BCUT2D eigenvalue weighted by molar-refractivity contribution is -0.117. The topological polar surface area (TPSA) is 110 Å². The lowest BCUT2D eigenvalue weighted by Crippen LogP contribution is -2.37. The fourth-order valence-electron chi connectivity index (χ4n) is 2.18. The van der Waals surface area contributed by atoms with E-state index in [4.69, 9.17) is 10.2 Å². The van der Waals surface area contributed by atoms with E-state index < -0.39 is 6.04 Å². The number of nitrogens with one attached hydrogen (secondary N) is 2. The molecule has 0 radical (unpaired) electrons. The summed E-state index contributed by atoms with van der Waals surface area (Å²) in [5.74, 6) is 0.0273. The molecule has 0 aliphatic heterocycles. The summed E-state index contributed by atoms with van der Waals surface area (Å²) in [5.41, 5.74) is 7.95. The molecule has 3 aromatic rings. The van der Waals surface area contributed by atoms with Gasteiger partial charge in [0.2, 0.25) is 11.8 Å². The van der Waals surface area contributed by atoms with Gasteiger partial charge in [-0.15, -0.1) is 5.10 Å². The Morgan fingerprint density at radius 1 is 1.43 bits per heavy atom. The maximum absolute atomic E-state index is 12.0. The van der Waals surface area contributed by atoms with Gasteiger partial charge in [0, 0.05) is 24.0 Å². The number of hydrogen-bond donors (Lipinski definition) is 3. The molecular weight excluding hydrogens is 270 g/mol. The van der Waals surface area contributed by atoms with Gasteiger partial charge in [-0.2, -0.15) is 0 Å². The molecule has 0 aliphatic carbocycles. The number of nitrogens with zero attached hydrogens (tertiary/aromatic N) is 2. The number of rotatable bonds is 4. The van der Waals surface area contributed by atoms with E-state index in [2.05, 4.69) is 20.5 Å². The number of benzene rings is 1. The van der Waals surface area contributed by atoms with Crippen molar-refractivity contribution >= 4 is 22.8 Å². The van der Waals surface area contributed by atoms with Gasteiger partial charge >= 0.3 is 6.01 Å². The summed E-state index contributed by atoms with van der Waals surface area (Å²) in [5, 5.41) is 10.9. The molecule has 108 valence electrons. The SMILES string of the molecule is Cc1nnc(NC(=O)C(N)Cc2c[nH]c3ccccc23)o1. The number of nitrogens with two attached hydrogens (primary N) is 1. The number of hydrogen-bond acceptors (Lipinski definition) is 5. The molecule has 4 N–H and O–H groups in total. The Hall–Kier alpha value is -2.67. The second-order valence-electron chi connectivity index (χ2n) is 4.79. The molecule has 3 rings (SSSR count). The number of anilines is 1. The van der Waals surface area contributed by atoms with Crippen LogP contribution in [0.25, 0.3) is 10.9 Å². The molecule has 1 atom stereocenters. The zero-order chi connectivity index (χ0) is 14.8. The normalized spacial score (nSPS) is 12.5. The number of amides is 1. The van der Waals surface area contributed by atoms with Gasteiger partial charge in [-0.25, -0.2) is 0 Å².